The van der Waals surface area contributed by atoms with Crippen LogP contribution in [-0.4, -0.2) is 74.5 Å². The third-order valence-electron chi connectivity index (χ3n) is 8.76. The molecule has 0 radical (unpaired) electrons. The summed E-state index contributed by atoms with van der Waals surface area (Å²) in [5.74, 6) is -0.756. The van der Waals surface area contributed by atoms with E-state index >= 15 is 0 Å². The molecule has 0 saturated heterocycles. The Hall–Kier alpha value is -0.830. The molecule has 0 aliphatic heterocycles. The third kappa shape index (κ3) is 31.2. The molecule has 0 amide bonds. The van der Waals surface area contributed by atoms with E-state index in [1.54, 1.807) is 0 Å². The van der Waals surface area contributed by atoms with Crippen LogP contribution in [0.15, 0.2) is 0 Å². The third-order valence-corrected chi connectivity index (χ3v) is 9.74. The van der Waals surface area contributed by atoms with Gasteiger partial charge < -0.3 is 28.3 Å². The maximum Gasteiger partial charge on any atom is 0.306 e. The zero-order valence-corrected chi connectivity index (χ0v) is 32.8. The lowest BCUT2D eigenvalue weighted by molar-refractivity contribution is -0.872. The lowest BCUT2D eigenvalue weighted by Gasteiger charge is -2.32. The molecule has 2 unspecified atom stereocenters. The van der Waals surface area contributed by atoms with Crippen molar-refractivity contribution >= 4 is 19.6 Å². The molecule has 0 spiro atoms. The zero-order valence-electron chi connectivity index (χ0n) is 31.9. The highest BCUT2D eigenvalue weighted by Crippen LogP contribution is 2.41. The quantitative estimate of drug-likeness (QED) is 0.0296. The monoisotopic (exact) mass is 706 g/mol. The summed E-state index contributed by atoms with van der Waals surface area (Å²) in [6.45, 7) is 3.50. The van der Waals surface area contributed by atoms with Gasteiger partial charge in [-0.25, -0.2) is 0 Å². The van der Waals surface area contributed by atoms with E-state index in [1.807, 2.05) is 21.1 Å². The van der Waals surface area contributed by atoms with Crippen LogP contribution in [0.5, 0.6) is 0 Å². The van der Waals surface area contributed by atoms with E-state index in [4.69, 9.17) is 13.8 Å². The number of phosphoric acid groups is 1. The van der Waals surface area contributed by atoms with Crippen molar-refractivity contribution in [2.24, 2.45) is 0 Å². The predicted molar refractivity (Wildman–Crippen MR) is 195 cm³/mol. The molecule has 0 heterocycles. The summed E-state index contributed by atoms with van der Waals surface area (Å²) >= 11 is 0. The number of hydrogen-bond acceptors (Lipinski definition) is 8. The molecule has 48 heavy (non-hydrogen) atoms. The number of phosphoric ester groups is 1. The van der Waals surface area contributed by atoms with E-state index in [0.29, 0.717) is 17.3 Å². The normalized spacial score (nSPS) is 14.5. The highest BCUT2D eigenvalue weighted by atomic mass is 31.2. The Kier molecular flexibility index (Phi) is 30.4. The Morgan fingerprint density at radius 3 is 1.40 bits per heavy atom. The SMILES string of the molecule is CCCCCCCCCCCCCCCC(=O)C(C[N+](C)(C)C)OP(=O)([O-])OC[C@@H](CO)OC(=O)CCCCCCCCCCCCC. The van der Waals surface area contributed by atoms with Crippen LogP contribution >= 0.6 is 7.82 Å². The number of aliphatic hydroxyl groups is 1. The van der Waals surface area contributed by atoms with Gasteiger partial charge in [0.25, 0.3) is 7.82 Å². The molecule has 0 rings (SSSR count). The number of aliphatic hydroxyl groups excluding tert-OH is 1. The maximum atomic E-state index is 13.0. The van der Waals surface area contributed by atoms with Crippen LogP contribution in [0, 0.1) is 0 Å². The summed E-state index contributed by atoms with van der Waals surface area (Å²) in [4.78, 5) is 38.0. The Balaban J connectivity index is 4.36. The number of rotatable bonds is 36. The van der Waals surface area contributed by atoms with Gasteiger partial charge in [0.1, 0.15) is 12.6 Å². The standard InChI is InChI=1S/C38H76NO8P/c1-6-8-10-12-14-16-18-19-21-22-24-26-28-30-36(41)37(32-39(3,4)5)47-48(43,44)45-34-35(33-40)46-38(42)31-29-27-25-23-20-17-15-13-11-9-7-2/h35,37,40H,6-34H2,1-5H3/t35-,37?/m1/s1. The fraction of sp³-hybridized carbons (Fsp3) is 0.947. The minimum absolute atomic E-state index is 0.171. The van der Waals surface area contributed by atoms with Gasteiger partial charge in [-0.15, -0.1) is 0 Å². The van der Waals surface area contributed by atoms with Gasteiger partial charge >= 0.3 is 5.97 Å². The molecule has 0 bridgehead atoms. The summed E-state index contributed by atoms with van der Waals surface area (Å²) in [7, 11) is 0.688. The van der Waals surface area contributed by atoms with Crippen LogP contribution in [-0.2, 0) is 27.9 Å². The fourth-order valence-electron chi connectivity index (χ4n) is 5.83. The second kappa shape index (κ2) is 30.9. The van der Waals surface area contributed by atoms with Crippen molar-refractivity contribution in [2.45, 2.75) is 193 Å². The Bertz CT molecular complexity index is 819. The minimum atomic E-state index is -4.90. The number of hydrogen-bond donors (Lipinski definition) is 1. The van der Waals surface area contributed by atoms with E-state index in [-0.39, 0.29) is 25.2 Å². The first-order valence-electron chi connectivity index (χ1n) is 19.7. The molecular formula is C38H76NO8P. The van der Waals surface area contributed by atoms with Crippen LogP contribution in [0.3, 0.4) is 0 Å². The fourth-order valence-corrected chi connectivity index (χ4v) is 6.74. The van der Waals surface area contributed by atoms with Gasteiger partial charge in [-0.1, -0.05) is 155 Å². The van der Waals surface area contributed by atoms with Crippen LogP contribution in [0.25, 0.3) is 0 Å². The first-order chi connectivity index (χ1) is 22.9. The highest BCUT2D eigenvalue weighted by Gasteiger charge is 2.30. The summed E-state index contributed by atoms with van der Waals surface area (Å²) < 4.78 is 28.6. The average molecular weight is 706 g/mol. The topological polar surface area (TPSA) is 122 Å². The van der Waals surface area contributed by atoms with Gasteiger partial charge in [-0.05, 0) is 12.8 Å². The first-order valence-corrected chi connectivity index (χ1v) is 21.2. The Labute approximate surface area is 295 Å². The number of Topliss-reactive ketones (excluding diaryl/α,β-unsaturated/α-hetero) is 1. The largest absolute Gasteiger partial charge is 0.756 e. The molecule has 9 nitrogen and oxygen atoms in total. The van der Waals surface area contributed by atoms with Crippen LogP contribution < -0.4 is 4.89 Å². The van der Waals surface area contributed by atoms with Crippen molar-refractivity contribution < 1.29 is 42.4 Å². The molecule has 10 heteroatoms. The first kappa shape index (κ1) is 47.2. The smallest absolute Gasteiger partial charge is 0.306 e. The average Bonchev–Trinajstić information content (AvgIpc) is 3.02. The van der Waals surface area contributed by atoms with Crippen LogP contribution in [0.2, 0.25) is 0 Å². The van der Waals surface area contributed by atoms with Crippen molar-refractivity contribution in [3.05, 3.63) is 0 Å². The van der Waals surface area contributed by atoms with Gasteiger partial charge in [0.15, 0.2) is 11.9 Å². The van der Waals surface area contributed by atoms with Crippen molar-refractivity contribution in [2.75, 3.05) is 40.9 Å². The van der Waals surface area contributed by atoms with Crippen LogP contribution in [0.1, 0.15) is 181 Å². The summed E-state index contributed by atoms with van der Waals surface area (Å²) in [6.07, 6.45) is 26.6. The Morgan fingerprint density at radius 1 is 0.646 bits per heavy atom. The van der Waals surface area contributed by atoms with Gasteiger partial charge in [-0.3, -0.25) is 14.2 Å². The number of ketones is 1. The lowest BCUT2D eigenvalue weighted by Crippen LogP contribution is -2.45. The van der Waals surface area contributed by atoms with E-state index < -0.39 is 39.2 Å². The number of quaternary nitrogens is 1. The molecule has 0 aromatic rings. The molecule has 0 aromatic carbocycles. The van der Waals surface area contributed by atoms with E-state index in [1.165, 1.54) is 103 Å². The molecule has 0 saturated carbocycles. The molecule has 0 aliphatic rings. The molecular weight excluding hydrogens is 629 g/mol. The lowest BCUT2D eigenvalue weighted by atomic mass is 10.0. The summed E-state index contributed by atoms with van der Waals surface area (Å²) in [5.41, 5.74) is 0. The van der Waals surface area contributed by atoms with Crippen LogP contribution in [0.4, 0.5) is 0 Å². The number of esters is 1. The van der Waals surface area contributed by atoms with E-state index in [2.05, 4.69) is 13.8 Å². The van der Waals surface area contributed by atoms with Gasteiger partial charge in [0, 0.05) is 12.8 Å². The van der Waals surface area contributed by atoms with Crippen molar-refractivity contribution in [1.82, 2.24) is 0 Å². The zero-order chi connectivity index (χ0) is 35.9. The second-order valence-electron chi connectivity index (χ2n) is 14.8. The summed E-state index contributed by atoms with van der Waals surface area (Å²) in [5, 5.41) is 9.66. The predicted octanol–water partition coefficient (Wildman–Crippen LogP) is 9.22. The number of ether oxygens (including phenoxy) is 1. The van der Waals surface area contributed by atoms with Crippen molar-refractivity contribution in [3.8, 4) is 0 Å². The van der Waals surface area contributed by atoms with Gasteiger partial charge in [0.2, 0.25) is 0 Å². The van der Waals surface area contributed by atoms with Crippen molar-refractivity contribution in [3.63, 3.8) is 0 Å². The molecule has 286 valence electrons. The minimum Gasteiger partial charge on any atom is -0.756 e. The molecule has 0 aromatic heterocycles. The number of carbonyl (C=O) groups excluding carboxylic acids is 2. The molecule has 0 aliphatic carbocycles. The van der Waals surface area contributed by atoms with E-state index in [0.717, 1.165) is 38.5 Å². The van der Waals surface area contributed by atoms with Gasteiger partial charge in [0.05, 0.1) is 34.4 Å². The number of nitrogens with zero attached hydrogens (tertiary/aromatic N) is 1. The highest BCUT2D eigenvalue weighted by molar-refractivity contribution is 7.45. The molecule has 3 atom stereocenters. The summed E-state index contributed by atoms with van der Waals surface area (Å²) in [6, 6.07) is 0. The van der Waals surface area contributed by atoms with Gasteiger partial charge in [-0.2, -0.15) is 0 Å². The number of unbranched alkanes of at least 4 members (excludes halogenated alkanes) is 22. The molecule has 0 fully saturated rings. The Morgan fingerprint density at radius 2 is 1.02 bits per heavy atom. The van der Waals surface area contributed by atoms with Crippen molar-refractivity contribution in [1.29, 1.82) is 0 Å². The molecule has 1 N–H and O–H groups in total. The van der Waals surface area contributed by atoms with E-state index in [9.17, 15) is 24.2 Å². The number of likely N-dealkylation sites (N-methyl/N-ethyl adjacent to an activating group) is 1. The number of carbonyl (C=O) groups is 2. The second-order valence-corrected chi connectivity index (χ2v) is 16.2. The maximum absolute atomic E-state index is 13.0.